The van der Waals surface area contributed by atoms with Crippen molar-refractivity contribution in [3.63, 3.8) is 0 Å². The predicted octanol–water partition coefficient (Wildman–Crippen LogP) is 2.87. The number of carbonyl (C=O) groups is 1. The molecule has 1 amide bonds. The van der Waals surface area contributed by atoms with Gasteiger partial charge < -0.3 is 15.0 Å². The zero-order chi connectivity index (χ0) is 16.2. The van der Waals surface area contributed by atoms with Crippen molar-refractivity contribution >= 4 is 40.7 Å². The Labute approximate surface area is 143 Å². The van der Waals surface area contributed by atoms with Gasteiger partial charge in [-0.1, -0.05) is 23.2 Å². The number of ether oxygens (including phenoxy) is 1. The molecule has 8 heteroatoms. The van der Waals surface area contributed by atoms with E-state index in [0.29, 0.717) is 48.0 Å². The maximum atomic E-state index is 12.4. The van der Waals surface area contributed by atoms with Crippen LogP contribution >= 0.6 is 23.2 Å². The Balaban J connectivity index is 1.78. The maximum absolute atomic E-state index is 12.4. The van der Waals surface area contributed by atoms with Crippen LogP contribution in [-0.2, 0) is 4.74 Å². The highest BCUT2D eigenvalue weighted by atomic mass is 35.5. The van der Waals surface area contributed by atoms with Gasteiger partial charge in [0.05, 0.1) is 23.9 Å². The van der Waals surface area contributed by atoms with E-state index < -0.39 is 0 Å². The van der Waals surface area contributed by atoms with E-state index in [1.165, 1.54) is 0 Å². The van der Waals surface area contributed by atoms with E-state index in [2.05, 4.69) is 15.3 Å². The van der Waals surface area contributed by atoms with Gasteiger partial charge in [0.15, 0.2) is 0 Å². The number of aromatic nitrogens is 2. The third kappa shape index (κ3) is 3.90. The Hall–Kier alpha value is -1.89. The molecule has 1 aromatic carbocycles. The molecule has 2 heterocycles. The van der Waals surface area contributed by atoms with Crippen LogP contribution in [0.3, 0.4) is 0 Å². The van der Waals surface area contributed by atoms with Crippen LogP contribution in [0.1, 0.15) is 10.5 Å². The summed E-state index contributed by atoms with van der Waals surface area (Å²) >= 11 is 12.0. The lowest BCUT2D eigenvalue weighted by atomic mass is 10.3. The fourth-order valence-electron chi connectivity index (χ4n) is 2.17. The predicted molar refractivity (Wildman–Crippen MR) is 89.5 cm³/mol. The first-order valence-corrected chi connectivity index (χ1v) is 7.81. The second kappa shape index (κ2) is 7.12. The van der Waals surface area contributed by atoms with Gasteiger partial charge in [-0.05, 0) is 24.3 Å². The molecule has 0 aliphatic carbocycles. The first-order valence-electron chi connectivity index (χ1n) is 7.05. The summed E-state index contributed by atoms with van der Waals surface area (Å²) in [5.41, 5.74) is 0.702. The fourth-order valence-corrected chi connectivity index (χ4v) is 2.51. The minimum absolute atomic E-state index is 0.262. The molecule has 6 nitrogen and oxygen atoms in total. The van der Waals surface area contributed by atoms with Gasteiger partial charge in [-0.2, -0.15) is 0 Å². The van der Waals surface area contributed by atoms with Crippen LogP contribution in [0.25, 0.3) is 0 Å². The van der Waals surface area contributed by atoms with Crippen LogP contribution in [0.15, 0.2) is 30.5 Å². The number of hydrogen-bond donors (Lipinski definition) is 1. The van der Waals surface area contributed by atoms with Crippen LogP contribution in [0.5, 0.6) is 0 Å². The van der Waals surface area contributed by atoms with Gasteiger partial charge in [0.1, 0.15) is 5.69 Å². The Bertz CT molecular complexity index is 720. The summed E-state index contributed by atoms with van der Waals surface area (Å²) in [5.74, 6) is 0.143. The molecule has 23 heavy (non-hydrogen) atoms. The molecule has 2 aromatic rings. The van der Waals surface area contributed by atoms with Crippen LogP contribution in [0.2, 0.25) is 10.0 Å². The lowest BCUT2D eigenvalue weighted by Crippen LogP contribution is -2.37. The molecule has 1 fully saturated rings. The SMILES string of the molecule is O=C(Nc1cc(Cl)ccc1Cl)c1ccnc(N2CCOCC2)n1. The second-order valence-corrected chi connectivity index (χ2v) is 5.76. The summed E-state index contributed by atoms with van der Waals surface area (Å²) in [6.45, 7) is 2.65. The van der Waals surface area contributed by atoms with E-state index in [4.69, 9.17) is 27.9 Å². The maximum Gasteiger partial charge on any atom is 0.274 e. The number of hydrogen-bond acceptors (Lipinski definition) is 5. The summed E-state index contributed by atoms with van der Waals surface area (Å²) in [5, 5.41) is 3.60. The van der Waals surface area contributed by atoms with Gasteiger partial charge in [0.2, 0.25) is 5.95 Å². The van der Waals surface area contributed by atoms with Crippen molar-refractivity contribution in [3.8, 4) is 0 Å². The van der Waals surface area contributed by atoms with Gasteiger partial charge in [-0.25, -0.2) is 9.97 Å². The molecule has 0 spiro atoms. The molecule has 0 unspecified atom stereocenters. The van der Waals surface area contributed by atoms with Crippen molar-refractivity contribution in [2.75, 3.05) is 36.5 Å². The summed E-state index contributed by atoms with van der Waals surface area (Å²) in [7, 11) is 0. The normalized spacial score (nSPS) is 14.6. The van der Waals surface area contributed by atoms with Crippen LogP contribution in [0.4, 0.5) is 11.6 Å². The molecule has 0 saturated carbocycles. The van der Waals surface area contributed by atoms with Crippen molar-refractivity contribution in [2.45, 2.75) is 0 Å². The van der Waals surface area contributed by atoms with Crippen molar-refractivity contribution in [1.82, 2.24) is 9.97 Å². The van der Waals surface area contributed by atoms with E-state index in [0.717, 1.165) is 0 Å². The molecule has 1 aromatic heterocycles. The Morgan fingerprint density at radius 2 is 2.00 bits per heavy atom. The van der Waals surface area contributed by atoms with E-state index >= 15 is 0 Å². The number of nitrogens with zero attached hydrogens (tertiary/aromatic N) is 3. The number of benzene rings is 1. The van der Waals surface area contributed by atoms with E-state index in [1.54, 1.807) is 30.5 Å². The number of nitrogens with one attached hydrogen (secondary N) is 1. The fraction of sp³-hybridized carbons (Fsp3) is 0.267. The largest absolute Gasteiger partial charge is 0.378 e. The van der Waals surface area contributed by atoms with E-state index in [1.807, 2.05) is 4.90 Å². The molecular weight excluding hydrogens is 339 g/mol. The van der Waals surface area contributed by atoms with E-state index in [-0.39, 0.29) is 11.6 Å². The quantitative estimate of drug-likeness (QED) is 0.919. The third-order valence-corrected chi connectivity index (χ3v) is 3.91. The highest BCUT2D eigenvalue weighted by molar-refractivity contribution is 6.35. The lowest BCUT2D eigenvalue weighted by molar-refractivity contribution is 0.102. The zero-order valence-electron chi connectivity index (χ0n) is 12.1. The van der Waals surface area contributed by atoms with E-state index in [9.17, 15) is 4.79 Å². The second-order valence-electron chi connectivity index (χ2n) is 4.92. The highest BCUT2D eigenvalue weighted by Crippen LogP contribution is 2.25. The van der Waals surface area contributed by atoms with Gasteiger partial charge in [-0.3, -0.25) is 4.79 Å². The van der Waals surface area contributed by atoms with Gasteiger partial charge in [0, 0.05) is 24.3 Å². The zero-order valence-corrected chi connectivity index (χ0v) is 13.6. The standard InChI is InChI=1S/C15H14Cl2N4O2/c16-10-1-2-11(17)13(9-10)19-14(22)12-3-4-18-15(20-12)21-5-7-23-8-6-21/h1-4,9H,5-8H2,(H,19,22). The molecule has 1 saturated heterocycles. The summed E-state index contributed by atoms with van der Waals surface area (Å²) in [4.78, 5) is 22.9. The average Bonchev–Trinajstić information content (AvgIpc) is 2.59. The summed E-state index contributed by atoms with van der Waals surface area (Å²) in [6.07, 6.45) is 1.56. The minimum atomic E-state index is -0.369. The summed E-state index contributed by atoms with van der Waals surface area (Å²) < 4.78 is 5.30. The highest BCUT2D eigenvalue weighted by Gasteiger charge is 2.16. The van der Waals surface area contributed by atoms with Crippen molar-refractivity contribution in [2.24, 2.45) is 0 Å². The van der Waals surface area contributed by atoms with Crippen molar-refractivity contribution in [1.29, 1.82) is 0 Å². The summed E-state index contributed by atoms with van der Waals surface area (Å²) in [6, 6.07) is 6.42. The number of halogens is 2. The number of rotatable bonds is 3. The molecule has 120 valence electrons. The number of carbonyl (C=O) groups excluding carboxylic acids is 1. The van der Waals surface area contributed by atoms with Crippen molar-refractivity contribution < 1.29 is 9.53 Å². The molecular formula is C15H14Cl2N4O2. The molecule has 0 atom stereocenters. The molecule has 1 N–H and O–H groups in total. The molecule has 0 bridgehead atoms. The molecule has 3 rings (SSSR count). The topological polar surface area (TPSA) is 67.4 Å². The number of amides is 1. The first kappa shape index (κ1) is 16.0. The monoisotopic (exact) mass is 352 g/mol. The number of anilines is 2. The van der Waals surface area contributed by atoms with Crippen LogP contribution < -0.4 is 10.2 Å². The molecule has 1 aliphatic heterocycles. The Morgan fingerprint density at radius 1 is 1.22 bits per heavy atom. The minimum Gasteiger partial charge on any atom is -0.378 e. The number of morpholine rings is 1. The van der Waals surface area contributed by atoms with Crippen LogP contribution in [-0.4, -0.2) is 42.2 Å². The van der Waals surface area contributed by atoms with Gasteiger partial charge >= 0.3 is 0 Å². The smallest absolute Gasteiger partial charge is 0.274 e. The Morgan fingerprint density at radius 3 is 2.78 bits per heavy atom. The molecule has 0 radical (unpaired) electrons. The molecule has 1 aliphatic rings. The van der Waals surface area contributed by atoms with Crippen LogP contribution in [0, 0.1) is 0 Å². The average molecular weight is 353 g/mol. The van der Waals surface area contributed by atoms with Crippen molar-refractivity contribution in [3.05, 3.63) is 46.2 Å². The first-order chi connectivity index (χ1) is 11.1. The third-order valence-electron chi connectivity index (χ3n) is 3.35. The van der Waals surface area contributed by atoms with Gasteiger partial charge in [0.25, 0.3) is 5.91 Å². The Kier molecular flexibility index (Phi) is 4.95. The lowest BCUT2D eigenvalue weighted by Gasteiger charge is -2.26. The van der Waals surface area contributed by atoms with Gasteiger partial charge in [-0.15, -0.1) is 0 Å².